The van der Waals surface area contributed by atoms with Crippen LogP contribution in [0.3, 0.4) is 0 Å². The molecular formula is C26H45NO. The Labute approximate surface area is 175 Å². The lowest BCUT2D eigenvalue weighted by Gasteiger charge is -2.02. The molecule has 0 aliphatic heterocycles. The predicted molar refractivity (Wildman–Crippen MR) is 125 cm³/mol. The molecule has 0 aromatic rings. The van der Waals surface area contributed by atoms with Crippen molar-refractivity contribution in [1.29, 1.82) is 0 Å². The number of nitrogens with two attached hydrogens (primary N) is 1. The quantitative estimate of drug-likeness (QED) is 0.136. The van der Waals surface area contributed by atoms with Crippen LogP contribution >= 0.6 is 0 Å². The van der Waals surface area contributed by atoms with Gasteiger partial charge >= 0.3 is 0 Å². The highest BCUT2D eigenvalue weighted by atomic mass is 16.1. The molecule has 0 aliphatic carbocycles. The smallest absolute Gasteiger partial charge is 0.244 e. The number of carbonyl (C=O) groups excluding carboxylic acids is 1. The van der Waals surface area contributed by atoms with E-state index < -0.39 is 0 Å². The van der Waals surface area contributed by atoms with E-state index in [9.17, 15) is 4.79 Å². The maximum absolute atomic E-state index is 10.8. The highest BCUT2D eigenvalue weighted by Crippen LogP contribution is 2.13. The van der Waals surface area contributed by atoms with Crippen LogP contribution in [-0.2, 0) is 4.79 Å². The Morgan fingerprint density at radius 3 is 1.57 bits per heavy atom. The van der Waals surface area contributed by atoms with Crippen LogP contribution in [0.15, 0.2) is 48.1 Å². The second kappa shape index (κ2) is 21.7. The highest BCUT2D eigenvalue weighted by Gasteiger charge is 1.94. The fraction of sp³-hybridized carbons (Fsp3) is 0.654. The van der Waals surface area contributed by atoms with Gasteiger partial charge in [0, 0.05) is 5.57 Å². The molecule has 2 N–H and O–H groups in total. The molecule has 1 amide bonds. The Morgan fingerprint density at radius 2 is 1.07 bits per heavy atom. The van der Waals surface area contributed by atoms with Gasteiger partial charge in [0.1, 0.15) is 0 Å². The lowest BCUT2D eigenvalue weighted by Crippen LogP contribution is -2.11. The Bertz CT molecular complexity index is 471. The summed E-state index contributed by atoms with van der Waals surface area (Å²) in [5.74, 6) is -0.373. The number of primary amides is 1. The van der Waals surface area contributed by atoms with E-state index in [0.717, 1.165) is 6.42 Å². The van der Waals surface area contributed by atoms with Crippen LogP contribution in [-0.4, -0.2) is 5.91 Å². The number of rotatable bonds is 19. The normalized spacial score (nSPS) is 12.7. The molecule has 0 aliphatic rings. The van der Waals surface area contributed by atoms with Crippen LogP contribution in [0, 0.1) is 0 Å². The number of unbranched alkanes of at least 4 members (excludes halogenated alkanes) is 14. The summed E-state index contributed by atoms with van der Waals surface area (Å²) in [6.07, 6.45) is 34.7. The largest absolute Gasteiger partial charge is 0.366 e. The van der Waals surface area contributed by atoms with E-state index in [0.29, 0.717) is 5.57 Å². The van der Waals surface area contributed by atoms with E-state index >= 15 is 0 Å². The van der Waals surface area contributed by atoms with Gasteiger partial charge in [-0.3, -0.25) is 4.79 Å². The van der Waals surface area contributed by atoms with Crippen LogP contribution in [0.2, 0.25) is 0 Å². The number of hydrogen-bond donors (Lipinski definition) is 1. The topological polar surface area (TPSA) is 43.1 Å². The summed E-state index contributed by atoms with van der Waals surface area (Å²) in [7, 11) is 0. The summed E-state index contributed by atoms with van der Waals surface area (Å²) < 4.78 is 0. The van der Waals surface area contributed by atoms with Crippen molar-refractivity contribution >= 4 is 5.91 Å². The Hall–Kier alpha value is -1.57. The first-order valence-electron chi connectivity index (χ1n) is 11.6. The number of carbonyl (C=O) groups is 1. The van der Waals surface area contributed by atoms with Gasteiger partial charge in [-0.2, -0.15) is 0 Å². The van der Waals surface area contributed by atoms with Gasteiger partial charge in [-0.05, 0) is 19.8 Å². The van der Waals surface area contributed by atoms with Gasteiger partial charge in [0.2, 0.25) is 5.91 Å². The minimum Gasteiger partial charge on any atom is -0.366 e. The van der Waals surface area contributed by atoms with Crippen LogP contribution in [0.5, 0.6) is 0 Å². The van der Waals surface area contributed by atoms with Gasteiger partial charge in [0.25, 0.3) is 0 Å². The lowest BCUT2D eigenvalue weighted by molar-refractivity contribution is -0.114. The van der Waals surface area contributed by atoms with Crippen LogP contribution < -0.4 is 5.73 Å². The van der Waals surface area contributed by atoms with E-state index in [-0.39, 0.29) is 5.91 Å². The van der Waals surface area contributed by atoms with Crippen molar-refractivity contribution < 1.29 is 4.79 Å². The Balaban J connectivity index is 3.34. The molecule has 0 radical (unpaired) electrons. The Kier molecular flexibility index (Phi) is 20.5. The van der Waals surface area contributed by atoms with Crippen LogP contribution in [0.1, 0.15) is 110 Å². The van der Waals surface area contributed by atoms with Crippen LogP contribution in [0.25, 0.3) is 0 Å². The zero-order valence-electron chi connectivity index (χ0n) is 18.6. The molecule has 0 atom stereocenters. The second-order valence-electron chi connectivity index (χ2n) is 7.80. The fourth-order valence-corrected chi connectivity index (χ4v) is 3.11. The molecule has 0 saturated carbocycles. The summed E-state index contributed by atoms with van der Waals surface area (Å²) in [6, 6.07) is 0. The zero-order valence-corrected chi connectivity index (χ0v) is 18.6. The first-order chi connectivity index (χ1) is 13.7. The van der Waals surface area contributed by atoms with Crippen molar-refractivity contribution in [2.24, 2.45) is 5.73 Å². The van der Waals surface area contributed by atoms with Gasteiger partial charge in [-0.1, -0.05) is 133 Å². The van der Waals surface area contributed by atoms with Gasteiger partial charge in [-0.25, -0.2) is 0 Å². The number of amides is 1. The van der Waals surface area contributed by atoms with Crippen molar-refractivity contribution in [3.05, 3.63) is 48.1 Å². The zero-order chi connectivity index (χ0) is 20.7. The average molecular weight is 388 g/mol. The van der Waals surface area contributed by atoms with Crippen LogP contribution in [0.4, 0.5) is 0 Å². The lowest BCUT2D eigenvalue weighted by atomic mass is 10.0. The molecule has 0 saturated heterocycles. The molecule has 0 heterocycles. The second-order valence-corrected chi connectivity index (χ2v) is 7.80. The summed E-state index contributed by atoms with van der Waals surface area (Å²) in [4.78, 5) is 10.8. The van der Waals surface area contributed by atoms with Crippen molar-refractivity contribution in [1.82, 2.24) is 0 Å². The minimum absolute atomic E-state index is 0.373. The molecular weight excluding hydrogens is 342 g/mol. The van der Waals surface area contributed by atoms with E-state index in [1.54, 1.807) is 13.0 Å². The van der Waals surface area contributed by atoms with Gasteiger partial charge < -0.3 is 5.73 Å². The number of allylic oxidation sites excluding steroid dienone is 7. The summed E-state index contributed by atoms with van der Waals surface area (Å²) in [5, 5.41) is 0. The third kappa shape index (κ3) is 20.7. The van der Waals surface area contributed by atoms with E-state index in [1.807, 2.05) is 24.3 Å². The summed E-state index contributed by atoms with van der Waals surface area (Å²) in [6.45, 7) is 4.00. The van der Waals surface area contributed by atoms with Crippen molar-refractivity contribution in [2.75, 3.05) is 0 Å². The van der Waals surface area contributed by atoms with Crippen molar-refractivity contribution in [3.8, 4) is 0 Å². The van der Waals surface area contributed by atoms with E-state index in [2.05, 4.69) is 19.1 Å². The molecule has 0 fully saturated rings. The van der Waals surface area contributed by atoms with Gasteiger partial charge in [0.15, 0.2) is 0 Å². The summed E-state index contributed by atoms with van der Waals surface area (Å²) >= 11 is 0. The molecule has 28 heavy (non-hydrogen) atoms. The fourth-order valence-electron chi connectivity index (χ4n) is 3.11. The predicted octanol–water partition coefficient (Wildman–Crippen LogP) is 7.96. The van der Waals surface area contributed by atoms with Crippen molar-refractivity contribution in [3.63, 3.8) is 0 Å². The molecule has 0 spiro atoms. The molecule has 0 unspecified atom stereocenters. The van der Waals surface area contributed by atoms with Gasteiger partial charge in [-0.15, -0.1) is 0 Å². The molecule has 2 heteroatoms. The standard InChI is InChI=1S/C26H45NO/c1-3-4-5-6-7-8-9-10-11-12-13-14-15-16-17-18-19-20-21-22-23-24-25(2)26(27)28/h18-24H,3-17H2,1-2H3,(H2,27,28). The first-order valence-corrected chi connectivity index (χ1v) is 11.6. The maximum Gasteiger partial charge on any atom is 0.244 e. The third-order valence-corrected chi connectivity index (χ3v) is 5.04. The molecule has 0 bridgehead atoms. The molecule has 160 valence electrons. The monoisotopic (exact) mass is 387 g/mol. The molecule has 0 aromatic heterocycles. The SMILES string of the molecule is CCCCCCCCCCCCCCCCC=CC=CC=CC=C(C)C(N)=O. The minimum atomic E-state index is -0.373. The molecule has 0 rings (SSSR count). The maximum atomic E-state index is 10.8. The first kappa shape index (κ1) is 26.4. The summed E-state index contributed by atoms with van der Waals surface area (Å²) in [5.41, 5.74) is 5.72. The molecule has 2 nitrogen and oxygen atoms in total. The van der Waals surface area contributed by atoms with E-state index in [4.69, 9.17) is 5.73 Å². The van der Waals surface area contributed by atoms with E-state index in [1.165, 1.54) is 89.9 Å². The Morgan fingerprint density at radius 1 is 0.643 bits per heavy atom. The molecule has 0 aromatic carbocycles. The average Bonchev–Trinajstić information content (AvgIpc) is 2.68. The van der Waals surface area contributed by atoms with Crippen molar-refractivity contribution in [2.45, 2.75) is 110 Å². The highest BCUT2D eigenvalue weighted by molar-refractivity contribution is 5.91. The third-order valence-electron chi connectivity index (χ3n) is 5.04. The number of hydrogen-bond acceptors (Lipinski definition) is 1. The van der Waals surface area contributed by atoms with Gasteiger partial charge in [0.05, 0.1) is 0 Å².